The summed E-state index contributed by atoms with van der Waals surface area (Å²) in [5.41, 5.74) is 0. The van der Waals surface area contributed by atoms with E-state index in [9.17, 15) is 4.79 Å². The van der Waals surface area contributed by atoms with E-state index in [1.807, 2.05) is 29.2 Å². The number of likely N-dealkylation sites (tertiary alicyclic amines) is 1. The van der Waals surface area contributed by atoms with E-state index in [0.717, 1.165) is 31.6 Å². The molecule has 122 valence electrons. The van der Waals surface area contributed by atoms with E-state index >= 15 is 0 Å². The summed E-state index contributed by atoms with van der Waals surface area (Å²) < 4.78 is 0. The van der Waals surface area contributed by atoms with Crippen molar-refractivity contribution in [3.63, 3.8) is 0 Å². The predicted molar refractivity (Wildman–Crippen MR) is 99.1 cm³/mol. The van der Waals surface area contributed by atoms with Gasteiger partial charge in [0.05, 0.1) is 6.04 Å². The lowest BCUT2D eigenvalue weighted by atomic mass is 10.1. The van der Waals surface area contributed by atoms with Crippen molar-refractivity contribution >= 4 is 29.0 Å². The minimum absolute atomic E-state index is 0.322. The van der Waals surface area contributed by atoms with Gasteiger partial charge in [-0.15, -0.1) is 23.1 Å². The third-order valence-electron chi connectivity index (χ3n) is 4.21. The van der Waals surface area contributed by atoms with Gasteiger partial charge >= 0.3 is 0 Å². The molecule has 1 amide bonds. The molecule has 2 aromatic rings. The third-order valence-corrected chi connectivity index (χ3v) is 6.41. The van der Waals surface area contributed by atoms with Crippen LogP contribution in [0.15, 0.2) is 47.4 Å². The lowest BCUT2D eigenvalue weighted by molar-refractivity contribution is -0.132. The standard InChI is InChI=1S/C19H23NOS2/c1-15-11-12-18(23-15)17-9-5-13-20(17)19(21)10-6-14-22-16-7-3-2-4-8-16/h2-4,7-8,11-12,17H,5-6,9-10,13-14H2,1H3. The number of rotatable bonds is 6. The van der Waals surface area contributed by atoms with Gasteiger partial charge < -0.3 is 4.90 Å². The van der Waals surface area contributed by atoms with Gasteiger partial charge in [0.15, 0.2) is 0 Å². The van der Waals surface area contributed by atoms with E-state index < -0.39 is 0 Å². The van der Waals surface area contributed by atoms with Gasteiger partial charge in [-0.05, 0) is 56.2 Å². The topological polar surface area (TPSA) is 20.3 Å². The van der Waals surface area contributed by atoms with Gasteiger partial charge in [-0.2, -0.15) is 0 Å². The first-order valence-corrected chi connectivity index (χ1v) is 10.1. The number of benzene rings is 1. The Morgan fingerprint density at radius 2 is 2.09 bits per heavy atom. The molecule has 0 N–H and O–H groups in total. The van der Waals surface area contributed by atoms with Gasteiger partial charge in [0.1, 0.15) is 0 Å². The van der Waals surface area contributed by atoms with Crippen LogP contribution in [-0.2, 0) is 4.79 Å². The van der Waals surface area contributed by atoms with Crippen molar-refractivity contribution in [3.8, 4) is 0 Å². The molecular weight excluding hydrogens is 322 g/mol. The summed E-state index contributed by atoms with van der Waals surface area (Å²) in [5, 5.41) is 0. The van der Waals surface area contributed by atoms with Crippen LogP contribution >= 0.6 is 23.1 Å². The lowest BCUT2D eigenvalue weighted by Crippen LogP contribution is -2.30. The molecular formula is C19H23NOS2. The molecule has 1 aromatic carbocycles. The summed E-state index contributed by atoms with van der Waals surface area (Å²) in [6.07, 6.45) is 3.86. The highest BCUT2D eigenvalue weighted by molar-refractivity contribution is 7.99. The van der Waals surface area contributed by atoms with E-state index in [4.69, 9.17) is 0 Å². The van der Waals surface area contributed by atoms with Crippen LogP contribution in [0.1, 0.15) is 41.5 Å². The van der Waals surface area contributed by atoms with Crippen molar-refractivity contribution in [2.24, 2.45) is 0 Å². The number of amides is 1. The van der Waals surface area contributed by atoms with Crippen LogP contribution in [0, 0.1) is 6.92 Å². The number of nitrogens with zero attached hydrogens (tertiary/aromatic N) is 1. The smallest absolute Gasteiger partial charge is 0.223 e. The van der Waals surface area contributed by atoms with Crippen LogP contribution in [-0.4, -0.2) is 23.1 Å². The maximum Gasteiger partial charge on any atom is 0.223 e. The van der Waals surface area contributed by atoms with Gasteiger partial charge in [-0.25, -0.2) is 0 Å². The van der Waals surface area contributed by atoms with Crippen molar-refractivity contribution < 1.29 is 4.79 Å². The second-order valence-corrected chi connectivity index (χ2v) is 8.45. The van der Waals surface area contributed by atoms with E-state index in [1.165, 1.54) is 14.6 Å². The highest BCUT2D eigenvalue weighted by Crippen LogP contribution is 2.36. The molecule has 1 fully saturated rings. The molecule has 0 saturated carbocycles. The van der Waals surface area contributed by atoms with Crippen molar-refractivity contribution in [1.82, 2.24) is 4.90 Å². The SMILES string of the molecule is Cc1ccc(C2CCCN2C(=O)CCCSc2ccccc2)s1. The Morgan fingerprint density at radius 1 is 1.26 bits per heavy atom. The van der Waals surface area contributed by atoms with Gasteiger partial charge in [0, 0.05) is 27.6 Å². The molecule has 1 aliphatic heterocycles. The van der Waals surface area contributed by atoms with Crippen LogP contribution in [0.4, 0.5) is 0 Å². The molecule has 1 aliphatic rings. The highest BCUT2D eigenvalue weighted by Gasteiger charge is 2.30. The molecule has 0 spiro atoms. The van der Waals surface area contributed by atoms with Crippen molar-refractivity contribution in [2.45, 2.75) is 43.5 Å². The lowest BCUT2D eigenvalue weighted by Gasteiger charge is -2.24. The zero-order chi connectivity index (χ0) is 16.1. The number of hydrogen-bond acceptors (Lipinski definition) is 3. The van der Waals surface area contributed by atoms with E-state index in [1.54, 1.807) is 0 Å². The minimum atomic E-state index is 0.322. The van der Waals surface area contributed by atoms with Crippen LogP contribution in [0.2, 0.25) is 0 Å². The predicted octanol–water partition coefficient (Wildman–Crippen LogP) is 5.29. The molecule has 1 saturated heterocycles. The van der Waals surface area contributed by atoms with Crippen molar-refractivity contribution in [3.05, 3.63) is 52.2 Å². The van der Waals surface area contributed by atoms with Gasteiger partial charge in [0.25, 0.3) is 0 Å². The van der Waals surface area contributed by atoms with Gasteiger partial charge in [-0.3, -0.25) is 4.79 Å². The van der Waals surface area contributed by atoms with Gasteiger partial charge in [0.2, 0.25) is 5.91 Å². The van der Waals surface area contributed by atoms with Gasteiger partial charge in [-0.1, -0.05) is 18.2 Å². The Morgan fingerprint density at radius 3 is 2.83 bits per heavy atom. The van der Waals surface area contributed by atoms with Crippen molar-refractivity contribution in [2.75, 3.05) is 12.3 Å². The number of carbonyl (C=O) groups is 1. The Hall–Kier alpha value is -1.26. The summed E-state index contributed by atoms with van der Waals surface area (Å²) in [7, 11) is 0. The first-order chi connectivity index (χ1) is 11.2. The Balaban J connectivity index is 1.47. The fraction of sp³-hybridized carbons (Fsp3) is 0.421. The molecule has 23 heavy (non-hydrogen) atoms. The summed E-state index contributed by atoms with van der Waals surface area (Å²) in [5.74, 6) is 1.33. The second kappa shape index (κ2) is 8.02. The Labute approximate surface area is 146 Å². The number of hydrogen-bond donors (Lipinski definition) is 0. The zero-order valence-electron chi connectivity index (χ0n) is 13.5. The molecule has 1 atom stereocenters. The molecule has 0 aliphatic carbocycles. The summed E-state index contributed by atoms with van der Waals surface area (Å²) >= 11 is 3.67. The minimum Gasteiger partial charge on any atom is -0.335 e. The highest BCUT2D eigenvalue weighted by atomic mass is 32.2. The van der Waals surface area contributed by atoms with E-state index in [2.05, 4.69) is 48.2 Å². The monoisotopic (exact) mass is 345 g/mol. The zero-order valence-corrected chi connectivity index (χ0v) is 15.2. The van der Waals surface area contributed by atoms with Crippen LogP contribution in [0.25, 0.3) is 0 Å². The quantitative estimate of drug-likeness (QED) is 0.523. The molecule has 1 unspecified atom stereocenters. The first kappa shape index (κ1) is 16.6. The number of aryl methyl sites for hydroxylation is 1. The normalized spacial score (nSPS) is 17.6. The molecule has 0 radical (unpaired) electrons. The van der Waals surface area contributed by atoms with E-state index in [0.29, 0.717) is 18.4 Å². The van der Waals surface area contributed by atoms with E-state index in [-0.39, 0.29) is 0 Å². The fourth-order valence-electron chi connectivity index (χ4n) is 3.07. The summed E-state index contributed by atoms with van der Waals surface area (Å²) in [4.78, 5) is 18.6. The third kappa shape index (κ3) is 4.39. The first-order valence-electron chi connectivity index (χ1n) is 8.28. The van der Waals surface area contributed by atoms with Crippen LogP contribution < -0.4 is 0 Å². The fourth-order valence-corrected chi connectivity index (χ4v) is 4.97. The number of thioether (sulfide) groups is 1. The second-order valence-electron chi connectivity index (χ2n) is 5.96. The number of carbonyl (C=O) groups excluding carboxylic acids is 1. The van der Waals surface area contributed by atoms with Crippen molar-refractivity contribution in [1.29, 1.82) is 0 Å². The molecule has 2 nitrogen and oxygen atoms in total. The number of thiophene rings is 1. The maximum absolute atomic E-state index is 12.6. The molecule has 2 heterocycles. The molecule has 4 heteroatoms. The molecule has 0 bridgehead atoms. The van der Waals surface area contributed by atoms with Crippen LogP contribution in [0.5, 0.6) is 0 Å². The molecule has 3 rings (SSSR count). The summed E-state index contributed by atoms with van der Waals surface area (Å²) in [6, 6.07) is 15.1. The summed E-state index contributed by atoms with van der Waals surface area (Å²) in [6.45, 7) is 3.06. The largest absolute Gasteiger partial charge is 0.335 e. The average Bonchev–Trinajstić information content (AvgIpc) is 3.21. The molecule has 1 aromatic heterocycles. The Bertz CT molecular complexity index is 638. The average molecular weight is 346 g/mol. The Kier molecular flexibility index (Phi) is 5.79. The maximum atomic E-state index is 12.6. The van der Waals surface area contributed by atoms with Crippen LogP contribution in [0.3, 0.4) is 0 Å².